The number of para-hydroxylation sites is 1. The van der Waals surface area contributed by atoms with Crippen molar-refractivity contribution in [2.24, 2.45) is 0 Å². The van der Waals surface area contributed by atoms with Crippen molar-refractivity contribution < 1.29 is 14.2 Å². The molecule has 1 aliphatic heterocycles. The molecule has 1 heterocycles. The third-order valence-electron chi connectivity index (χ3n) is 1.90. The first-order valence-corrected chi connectivity index (χ1v) is 5.26. The quantitative estimate of drug-likeness (QED) is 0.832. The molecule has 0 radical (unpaired) electrons. The van der Waals surface area contributed by atoms with Crippen LogP contribution in [0.3, 0.4) is 0 Å². The summed E-state index contributed by atoms with van der Waals surface area (Å²) in [4.78, 5) is 0. The minimum absolute atomic E-state index is 0.220. The molecule has 3 nitrogen and oxygen atoms in total. The van der Waals surface area contributed by atoms with Gasteiger partial charge in [0.15, 0.2) is 6.29 Å². The highest BCUT2D eigenvalue weighted by molar-refractivity contribution is 9.10. The molecule has 0 unspecified atom stereocenters. The van der Waals surface area contributed by atoms with Crippen LogP contribution in [0.1, 0.15) is 0 Å². The Kier molecular flexibility index (Phi) is 3.39. The van der Waals surface area contributed by atoms with Crippen molar-refractivity contribution in [1.29, 1.82) is 0 Å². The second-order valence-corrected chi connectivity index (χ2v) is 3.77. The van der Waals surface area contributed by atoms with Gasteiger partial charge in [-0.15, -0.1) is 0 Å². The fraction of sp³-hybridized carbons (Fsp3) is 0.400. The van der Waals surface area contributed by atoms with Crippen molar-refractivity contribution >= 4 is 15.9 Å². The van der Waals surface area contributed by atoms with Gasteiger partial charge in [-0.25, -0.2) is 0 Å². The normalized spacial score (nSPS) is 17.2. The van der Waals surface area contributed by atoms with Gasteiger partial charge in [0.2, 0.25) is 0 Å². The van der Waals surface area contributed by atoms with Crippen LogP contribution in [0.25, 0.3) is 0 Å². The average molecular weight is 259 g/mol. The largest absolute Gasteiger partial charge is 0.487 e. The SMILES string of the molecule is Brc1ccccc1OCC1OCCO1. The zero-order valence-corrected chi connectivity index (χ0v) is 9.20. The zero-order chi connectivity index (χ0) is 9.80. The van der Waals surface area contributed by atoms with Crippen molar-refractivity contribution in [3.63, 3.8) is 0 Å². The van der Waals surface area contributed by atoms with E-state index in [-0.39, 0.29) is 6.29 Å². The predicted octanol–water partition coefficient (Wildman–Crippen LogP) is 2.20. The Balaban J connectivity index is 1.88. The highest BCUT2D eigenvalue weighted by atomic mass is 79.9. The molecule has 0 atom stereocenters. The molecule has 1 aromatic rings. The van der Waals surface area contributed by atoms with Crippen LogP contribution in [0.4, 0.5) is 0 Å². The third-order valence-corrected chi connectivity index (χ3v) is 2.56. The van der Waals surface area contributed by atoms with Gasteiger partial charge in [0.25, 0.3) is 0 Å². The monoisotopic (exact) mass is 258 g/mol. The highest BCUT2D eigenvalue weighted by Crippen LogP contribution is 2.24. The first kappa shape index (κ1) is 9.96. The number of hydrogen-bond acceptors (Lipinski definition) is 3. The Morgan fingerprint density at radius 3 is 2.71 bits per heavy atom. The van der Waals surface area contributed by atoms with Gasteiger partial charge >= 0.3 is 0 Å². The number of rotatable bonds is 3. The molecule has 0 saturated carbocycles. The Morgan fingerprint density at radius 1 is 1.29 bits per heavy atom. The molecule has 0 N–H and O–H groups in total. The molecule has 2 rings (SSSR count). The molecular weight excluding hydrogens is 248 g/mol. The lowest BCUT2D eigenvalue weighted by Gasteiger charge is -2.11. The fourth-order valence-corrected chi connectivity index (χ4v) is 1.62. The summed E-state index contributed by atoms with van der Waals surface area (Å²) in [5.74, 6) is 0.812. The standard InChI is InChI=1S/C10H11BrO3/c11-8-3-1-2-4-9(8)14-7-10-12-5-6-13-10/h1-4,10H,5-7H2. The van der Waals surface area contributed by atoms with Crippen LogP contribution in [0, 0.1) is 0 Å². The Bertz CT molecular complexity index is 297. The summed E-state index contributed by atoms with van der Waals surface area (Å²) in [5, 5.41) is 0. The summed E-state index contributed by atoms with van der Waals surface area (Å²) < 4.78 is 17.0. The third kappa shape index (κ3) is 2.47. The second kappa shape index (κ2) is 4.77. The van der Waals surface area contributed by atoms with Crippen molar-refractivity contribution in [3.05, 3.63) is 28.7 Å². The van der Waals surface area contributed by atoms with Gasteiger partial charge in [0.1, 0.15) is 12.4 Å². The molecule has 76 valence electrons. The first-order chi connectivity index (χ1) is 6.86. The van der Waals surface area contributed by atoms with E-state index in [1.165, 1.54) is 0 Å². The van der Waals surface area contributed by atoms with Crippen molar-refractivity contribution in [2.45, 2.75) is 6.29 Å². The summed E-state index contributed by atoms with van der Waals surface area (Å²) in [6.45, 7) is 1.75. The minimum Gasteiger partial charge on any atom is -0.487 e. The van der Waals surface area contributed by atoms with E-state index in [1.807, 2.05) is 24.3 Å². The van der Waals surface area contributed by atoms with Gasteiger partial charge in [0, 0.05) is 0 Å². The molecule has 1 saturated heterocycles. The lowest BCUT2D eigenvalue weighted by atomic mass is 10.3. The smallest absolute Gasteiger partial charge is 0.191 e. The Morgan fingerprint density at radius 2 is 2.00 bits per heavy atom. The number of benzene rings is 1. The van der Waals surface area contributed by atoms with Gasteiger partial charge in [-0.3, -0.25) is 0 Å². The van der Waals surface area contributed by atoms with E-state index in [1.54, 1.807) is 0 Å². The molecule has 4 heteroatoms. The topological polar surface area (TPSA) is 27.7 Å². The molecule has 0 aliphatic carbocycles. The summed E-state index contributed by atoms with van der Waals surface area (Å²) >= 11 is 3.40. The minimum atomic E-state index is -0.220. The lowest BCUT2D eigenvalue weighted by molar-refractivity contribution is -0.0685. The maximum Gasteiger partial charge on any atom is 0.191 e. The number of halogens is 1. The second-order valence-electron chi connectivity index (χ2n) is 2.91. The van der Waals surface area contributed by atoms with Crippen LogP contribution in [0.2, 0.25) is 0 Å². The molecule has 0 aromatic heterocycles. The molecule has 1 fully saturated rings. The van der Waals surface area contributed by atoms with Crippen LogP contribution in [0.5, 0.6) is 5.75 Å². The highest BCUT2D eigenvalue weighted by Gasteiger charge is 2.16. The van der Waals surface area contributed by atoms with E-state index < -0.39 is 0 Å². The molecule has 0 bridgehead atoms. The summed E-state index contributed by atoms with van der Waals surface area (Å²) in [6.07, 6.45) is -0.220. The Labute approximate surface area is 91.1 Å². The van der Waals surface area contributed by atoms with Gasteiger partial charge in [-0.05, 0) is 28.1 Å². The maximum atomic E-state index is 5.52. The average Bonchev–Trinajstić information content (AvgIpc) is 2.69. The van der Waals surface area contributed by atoms with E-state index in [2.05, 4.69) is 15.9 Å². The van der Waals surface area contributed by atoms with Crippen LogP contribution >= 0.6 is 15.9 Å². The van der Waals surface area contributed by atoms with Crippen molar-refractivity contribution in [3.8, 4) is 5.75 Å². The Hall–Kier alpha value is -0.580. The van der Waals surface area contributed by atoms with E-state index in [9.17, 15) is 0 Å². The van der Waals surface area contributed by atoms with E-state index in [0.29, 0.717) is 19.8 Å². The molecule has 0 spiro atoms. The van der Waals surface area contributed by atoms with Crippen molar-refractivity contribution in [1.82, 2.24) is 0 Å². The van der Waals surface area contributed by atoms with E-state index in [4.69, 9.17) is 14.2 Å². The predicted molar refractivity (Wildman–Crippen MR) is 55.3 cm³/mol. The van der Waals surface area contributed by atoms with Crippen LogP contribution in [0.15, 0.2) is 28.7 Å². The lowest BCUT2D eigenvalue weighted by Crippen LogP contribution is -2.18. The van der Waals surface area contributed by atoms with E-state index in [0.717, 1.165) is 10.2 Å². The van der Waals surface area contributed by atoms with Crippen molar-refractivity contribution in [2.75, 3.05) is 19.8 Å². The van der Waals surface area contributed by atoms with Gasteiger partial charge in [-0.2, -0.15) is 0 Å². The molecule has 1 aromatic carbocycles. The van der Waals surface area contributed by atoms with Crippen LogP contribution in [-0.2, 0) is 9.47 Å². The number of ether oxygens (including phenoxy) is 3. The van der Waals surface area contributed by atoms with Gasteiger partial charge in [0.05, 0.1) is 17.7 Å². The van der Waals surface area contributed by atoms with Crippen LogP contribution in [-0.4, -0.2) is 26.1 Å². The number of hydrogen-bond donors (Lipinski definition) is 0. The molecule has 0 amide bonds. The van der Waals surface area contributed by atoms with Gasteiger partial charge in [-0.1, -0.05) is 12.1 Å². The van der Waals surface area contributed by atoms with Gasteiger partial charge < -0.3 is 14.2 Å². The maximum absolute atomic E-state index is 5.52. The zero-order valence-electron chi connectivity index (χ0n) is 7.61. The summed E-state index contributed by atoms with van der Waals surface area (Å²) in [6, 6.07) is 7.71. The fourth-order valence-electron chi connectivity index (χ4n) is 1.22. The summed E-state index contributed by atoms with van der Waals surface area (Å²) in [7, 11) is 0. The molecule has 1 aliphatic rings. The van der Waals surface area contributed by atoms with E-state index >= 15 is 0 Å². The summed E-state index contributed by atoms with van der Waals surface area (Å²) in [5.41, 5.74) is 0. The first-order valence-electron chi connectivity index (χ1n) is 4.47. The molecule has 14 heavy (non-hydrogen) atoms. The van der Waals surface area contributed by atoms with Crippen LogP contribution < -0.4 is 4.74 Å². The molecular formula is C10H11BrO3.